The molecule has 3 rings (SSSR count). The Bertz CT molecular complexity index is 523. The zero-order chi connectivity index (χ0) is 14.1. The lowest BCUT2D eigenvalue weighted by Gasteiger charge is -2.36. The summed E-state index contributed by atoms with van der Waals surface area (Å²) in [6.45, 7) is 2.40. The molecule has 0 aromatic carbocycles. The molecule has 4 nitrogen and oxygen atoms in total. The summed E-state index contributed by atoms with van der Waals surface area (Å²) < 4.78 is 0.985. The molecule has 0 radical (unpaired) electrons. The van der Waals surface area contributed by atoms with Crippen molar-refractivity contribution in [1.82, 2.24) is 9.80 Å². The molecule has 0 spiro atoms. The van der Waals surface area contributed by atoms with Gasteiger partial charge in [0.25, 0.3) is 5.91 Å². The summed E-state index contributed by atoms with van der Waals surface area (Å²) in [5.41, 5.74) is 0. The maximum atomic E-state index is 12.3. The molecule has 20 heavy (non-hydrogen) atoms. The minimum Gasteiger partial charge on any atom is -0.340 e. The number of hydrogen-bond donors (Lipinski definition) is 0. The van der Waals surface area contributed by atoms with E-state index < -0.39 is 0 Å². The predicted molar refractivity (Wildman–Crippen MR) is 81.9 cm³/mol. The highest BCUT2D eigenvalue weighted by atomic mass is 79.9. The van der Waals surface area contributed by atoms with Crippen LogP contribution in [0.1, 0.15) is 35.4 Å². The molecule has 2 fully saturated rings. The number of piperidine rings is 1. The van der Waals surface area contributed by atoms with E-state index >= 15 is 0 Å². The van der Waals surface area contributed by atoms with Gasteiger partial charge in [-0.05, 0) is 47.3 Å². The first-order valence-electron chi connectivity index (χ1n) is 6.99. The van der Waals surface area contributed by atoms with Crippen molar-refractivity contribution in [3.05, 3.63) is 20.8 Å². The molecule has 0 atom stereocenters. The largest absolute Gasteiger partial charge is 0.340 e. The van der Waals surface area contributed by atoms with Gasteiger partial charge in [-0.2, -0.15) is 0 Å². The standard InChI is InChI=1S/C14H17BrN2O2S/c15-12-4-3-11(20-12)14(19)16-8-5-10(6-9-16)17-7-1-2-13(17)18/h3-4,10H,1-2,5-9H2. The van der Waals surface area contributed by atoms with Gasteiger partial charge in [-0.15, -0.1) is 11.3 Å². The molecule has 2 aliphatic heterocycles. The Hall–Kier alpha value is -0.880. The summed E-state index contributed by atoms with van der Waals surface area (Å²) >= 11 is 4.87. The fourth-order valence-electron chi connectivity index (χ4n) is 3.02. The summed E-state index contributed by atoms with van der Waals surface area (Å²) in [4.78, 5) is 28.8. The Morgan fingerprint density at radius 1 is 1.25 bits per heavy atom. The number of amides is 2. The zero-order valence-electron chi connectivity index (χ0n) is 11.2. The molecule has 108 valence electrons. The molecule has 1 aromatic rings. The predicted octanol–water partition coefficient (Wildman–Crippen LogP) is 2.74. The van der Waals surface area contributed by atoms with Crippen LogP contribution in [-0.2, 0) is 4.79 Å². The average molecular weight is 357 g/mol. The van der Waals surface area contributed by atoms with Crippen LogP contribution in [0.15, 0.2) is 15.9 Å². The van der Waals surface area contributed by atoms with Crippen LogP contribution in [0.4, 0.5) is 0 Å². The molecule has 2 aliphatic rings. The Morgan fingerprint density at radius 2 is 2.00 bits per heavy atom. The Balaban J connectivity index is 1.58. The molecular formula is C14H17BrN2O2S. The highest BCUT2D eigenvalue weighted by Crippen LogP contribution is 2.26. The van der Waals surface area contributed by atoms with E-state index in [1.54, 1.807) is 0 Å². The maximum Gasteiger partial charge on any atom is 0.263 e. The van der Waals surface area contributed by atoms with Gasteiger partial charge in [0.2, 0.25) is 5.91 Å². The molecule has 0 N–H and O–H groups in total. The third kappa shape index (κ3) is 2.76. The molecule has 6 heteroatoms. The Kier molecular flexibility index (Phi) is 4.12. The maximum absolute atomic E-state index is 12.3. The van der Waals surface area contributed by atoms with Gasteiger partial charge in [-0.3, -0.25) is 9.59 Å². The van der Waals surface area contributed by atoms with Crippen molar-refractivity contribution < 1.29 is 9.59 Å². The Morgan fingerprint density at radius 3 is 2.55 bits per heavy atom. The van der Waals surface area contributed by atoms with E-state index in [0.29, 0.717) is 12.5 Å². The second-order valence-electron chi connectivity index (χ2n) is 5.32. The van der Waals surface area contributed by atoms with E-state index in [1.807, 2.05) is 21.9 Å². The first kappa shape index (κ1) is 14.1. The molecule has 2 amide bonds. The van der Waals surface area contributed by atoms with E-state index in [4.69, 9.17) is 0 Å². The smallest absolute Gasteiger partial charge is 0.263 e. The quantitative estimate of drug-likeness (QED) is 0.817. The lowest BCUT2D eigenvalue weighted by molar-refractivity contribution is -0.130. The van der Waals surface area contributed by atoms with Gasteiger partial charge >= 0.3 is 0 Å². The number of carbonyl (C=O) groups excluding carboxylic acids is 2. The second kappa shape index (κ2) is 5.85. The van der Waals surface area contributed by atoms with E-state index in [9.17, 15) is 9.59 Å². The van der Waals surface area contributed by atoms with Crippen LogP contribution >= 0.6 is 27.3 Å². The van der Waals surface area contributed by atoms with Crippen LogP contribution < -0.4 is 0 Å². The van der Waals surface area contributed by atoms with Crippen LogP contribution in [0.3, 0.4) is 0 Å². The number of nitrogens with zero attached hydrogens (tertiary/aromatic N) is 2. The van der Waals surface area contributed by atoms with Gasteiger partial charge in [0, 0.05) is 32.1 Å². The van der Waals surface area contributed by atoms with Gasteiger partial charge in [0.05, 0.1) is 8.66 Å². The van der Waals surface area contributed by atoms with E-state index in [0.717, 1.165) is 47.6 Å². The first-order chi connectivity index (χ1) is 9.65. The molecule has 0 aliphatic carbocycles. The monoisotopic (exact) mass is 356 g/mol. The molecule has 0 bridgehead atoms. The van der Waals surface area contributed by atoms with Crippen molar-refractivity contribution in [2.24, 2.45) is 0 Å². The minimum atomic E-state index is 0.117. The fraction of sp³-hybridized carbons (Fsp3) is 0.571. The summed E-state index contributed by atoms with van der Waals surface area (Å²) in [6.07, 6.45) is 3.50. The molecule has 0 saturated carbocycles. The number of likely N-dealkylation sites (tertiary alicyclic amines) is 2. The number of thiophene rings is 1. The first-order valence-corrected chi connectivity index (χ1v) is 8.60. The lowest BCUT2D eigenvalue weighted by Crippen LogP contribution is -2.47. The number of carbonyl (C=O) groups is 2. The van der Waals surface area contributed by atoms with E-state index in [2.05, 4.69) is 15.9 Å². The Labute approximate surface area is 130 Å². The highest BCUT2D eigenvalue weighted by Gasteiger charge is 2.32. The van der Waals surface area contributed by atoms with Crippen molar-refractivity contribution in [1.29, 1.82) is 0 Å². The highest BCUT2D eigenvalue weighted by molar-refractivity contribution is 9.11. The third-order valence-electron chi connectivity index (χ3n) is 4.09. The minimum absolute atomic E-state index is 0.117. The summed E-state index contributed by atoms with van der Waals surface area (Å²) in [7, 11) is 0. The van der Waals surface area contributed by atoms with Crippen LogP contribution in [0.5, 0.6) is 0 Å². The van der Waals surface area contributed by atoms with Crippen molar-refractivity contribution in [3.8, 4) is 0 Å². The van der Waals surface area contributed by atoms with Gasteiger partial charge in [0.15, 0.2) is 0 Å². The van der Waals surface area contributed by atoms with Crippen LogP contribution in [0, 0.1) is 0 Å². The number of halogens is 1. The van der Waals surface area contributed by atoms with Crippen LogP contribution in [0.25, 0.3) is 0 Å². The molecule has 2 saturated heterocycles. The average Bonchev–Trinajstić information content (AvgIpc) is 3.07. The normalized spacial score (nSPS) is 20.8. The van der Waals surface area contributed by atoms with Crippen LogP contribution in [0.2, 0.25) is 0 Å². The molecule has 1 aromatic heterocycles. The zero-order valence-corrected chi connectivity index (χ0v) is 13.6. The summed E-state index contributed by atoms with van der Waals surface area (Å²) in [5, 5.41) is 0. The SMILES string of the molecule is O=C(c1ccc(Br)s1)N1CCC(N2CCCC2=O)CC1. The van der Waals surface area contributed by atoms with Crippen molar-refractivity contribution in [2.45, 2.75) is 31.7 Å². The summed E-state index contributed by atoms with van der Waals surface area (Å²) in [5.74, 6) is 0.406. The topological polar surface area (TPSA) is 40.6 Å². The summed E-state index contributed by atoms with van der Waals surface area (Å²) in [6, 6.07) is 4.12. The fourth-order valence-corrected chi connectivity index (χ4v) is 4.37. The van der Waals surface area contributed by atoms with Crippen molar-refractivity contribution in [3.63, 3.8) is 0 Å². The van der Waals surface area contributed by atoms with Crippen LogP contribution in [-0.4, -0.2) is 47.3 Å². The third-order valence-corrected chi connectivity index (χ3v) is 5.70. The van der Waals surface area contributed by atoms with Gasteiger partial charge < -0.3 is 9.80 Å². The molecule has 0 unspecified atom stereocenters. The van der Waals surface area contributed by atoms with Gasteiger partial charge in [-0.25, -0.2) is 0 Å². The number of hydrogen-bond acceptors (Lipinski definition) is 3. The lowest BCUT2D eigenvalue weighted by atomic mass is 10.0. The van der Waals surface area contributed by atoms with E-state index in [1.165, 1.54) is 11.3 Å². The van der Waals surface area contributed by atoms with Crippen molar-refractivity contribution >= 4 is 39.1 Å². The van der Waals surface area contributed by atoms with E-state index in [-0.39, 0.29) is 11.8 Å². The molecular weight excluding hydrogens is 340 g/mol. The van der Waals surface area contributed by atoms with Gasteiger partial charge in [0.1, 0.15) is 0 Å². The second-order valence-corrected chi connectivity index (χ2v) is 7.78. The molecule has 3 heterocycles. The number of rotatable bonds is 2. The van der Waals surface area contributed by atoms with Crippen molar-refractivity contribution in [2.75, 3.05) is 19.6 Å². The van der Waals surface area contributed by atoms with Gasteiger partial charge in [-0.1, -0.05) is 0 Å².